The van der Waals surface area contributed by atoms with Crippen molar-refractivity contribution in [1.29, 1.82) is 0 Å². The summed E-state index contributed by atoms with van der Waals surface area (Å²) in [4.78, 5) is 38.0. The molecule has 0 aliphatic heterocycles. The third-order valence-corrected chi connectivity index (χ3v) is 9.92. The first-order valence-corrected chi connectivity index (χ1v) is 25.8. The van der Waals surface area contributed by atoms with E-state index in [1.54, 1.807) is 0 Å². The van der Waals surface area contributed by atoms with Gasteiger partial charge < -0.3 is 14.2 Å². The van der Waals surface area contributed by atoms with Crippen molar-refractivity contribution >= 4 is 17.9 Å². The molecule has 0 heterocycles. The highest BCUT2D eigenvalue weighted by atomic mass is 16.6. The maximum atomic E-state index is 12.8. The van der Waals surface area contributed by atoms with Gasteiger partial charge in [0.15, 0.2) is 6.10 Å². The Bertz CT molecular complexity index is 1620. The predicted molar refractivity (Wildman–Crippen MR) is 288 cm³/mol. The molecule has 0 N–H and O–H groups in total. The minimum atomic E-state index is -0.833. The lowest BCUT2D eigenvalue weighted by Gasteiger charge is -2.18. The van der Waals surface area contributed by atoms with E-state index in [9.17, 15) is 14.4 Å². The molecular formula is C61H90O6. The topological polar surface area (TPSA) is 78.9 Å². The maximum Gasteiger partial charge on any atom is 0.306 e. The number of hydrogen-bond donors (Lipinski definition) is 0. The van der Waals surface area contributed by atoms with Gasteiger partial charge >= 0.3 is 17.9 Å². The average molecular weight is 919 g/mol. The second-order valence-electron chi connectivity index (χ2n) is 16.2. The first-order valence-electron chi connectivity index (χ1n) is 25.8. The van der Waals surface area contributed by atoms with E-state index in [4.69, 9.17) is 14.2 Å². The highest BCUT2D eigenvalue weighted by Gasteiger charge is 2.19. The fourth-order valence-corrected chi connectivity index (χ4v) is 6.13. The standard InChI is InChI=1S/C61H90O6/c1-4-7-10-13-16-19-22-25-28-30-31-34-36-39-42-45-48-51-54-60(63)66-57-58(56-65-59(62)53-50-47-44-41-38-35-32-27-24-21-18-15-12-9-6-3)67-61(64)55-52-49-46-43-40-37-33-29-26-23-20-17-14-11-8-5-2/h8-13,15-22,24-32,34-35,37-38,40,58H,4-7,14,23,33,36,39,41-57H2,1-3H3/b11-8-,12-9-,13-10-,18-15-,19-16-,20-17-,24-21-,25-22-,29-26-,30-28-,32-27-,34-31-,38-35-,40-37-. The minimum absolute atomic E-state index is 0.128. The lowest BCUT2D eigenvalue weighted by Crippen LogP contribution is -2.30. The molecule has 0 aromatic rings. The average Bonchev–Trinajstić information content (AvgIpc) is 3.33. The number of esters is 3. The first kappa shape index (κ1) is 61.8. The van der Waals surface area contributed by atoms with Crippen LogP contribution in [0.15, 0.2) is 170 Å². The summed E-state index contributed by atoms with van der Waals surface area (Å²) in [6, 6.07) is 0. The normalized spacial score (nSPS) is 13.5. The van der Waals surface area contributed by atoms with E-state index in [1.165, 1.54) is 6.42 Å². The van der Waals surface area contributed by atoms with Crippen LogP contribution in [-0.2, 0) is 28.6 Å². The second-order valence-corrected chi connectivity index (χ2v) is 16.2. The zero-order valence-electron chi connectivity index (χ0n) is 42.1. The summed E-state index contributed by atoms with van der Waals surface area (Å²) < 4.78 is 16.7. The molecule has 0 fully saturated rings. The Morgan fingerprint density at radius 1 is 0.328 bits per heavy atom. The lowest BCUT2D eigenvalue weighted by atomic mass is 10.1. The molecule has 0 spiro atoms. The van der Waals surface area contributed by atoms with Crippen LogP contribution < -0.4 is 0 Å². The van der Waals surface area contributed by atoms with Gasteiger partial charge in [-0.15, -0.1) is 0 Å². The first-order chi connectivity index (χ1) is 33.0. The van der Waals surface area contributed by atoms with E-state index >= 15 is 0 Å². The molecule has 6 heteroatoms. The fourth-order valence-electron chi connectivity index (χ4n) is 6.13. The van der Waals surface area contributed by atoms with E-state index in [0.717, 1.165) is 116 Å². The van der Waals surface area contributed by atoms with Crippen LogP contribution in [0.2, 0.25) is 0 Å². The van der Waals surface area contributed by atoms with Crippen LogP contribution >= 0.6 is 0 Å². The zero-order chi connectivity index (χ0) is 48.6. The largest absolute Gasteiger partial charge is 0.462 e. The Balaban J connectivity index is 4.63. The zero-order valence-corrected chi connectivity index (χ0v) is 42.1. The maximum absolute atomic E-state index is 12.8. The summed E-state index contributed by atoms with van der Waals surface area (Å²) >= 11 is 0. The van der Waals surface area contributed by atoms with Crippen LogP contribution in [-0.4, -0.2) is 37.2 Å². The van der Waals surface area contributed by atoms with Gasteiger partial charge in [0, 0.05) is 19.3 Å². The van der Waals surface area contributed by atoms with E-state index < -0.39 is 6.10 Å². The van der Waals surface area contributed by atoms with Crippen molar-refractivity contribution in [2.75, 3.05) is 13.2 Å². The Morgan fingerprint density at radius 3 is 1.10 bits per heavy atom. The van der Waals surface area contributed by atoms with Gasteiger partial charge in [0.05, 0.1) is 0 Å². The van der Waals surface area contributed by atoms with Gasteiger partial charge in [-0.3, -0.25) is 14.4 Å². The molecule has 0 saturated carbocycles. The van der Waals surface area contributed by atoms with Crippen molar-refractivity contribution in [1.82, 2.24) is 0 Å². The summed E-state index contributed by atoms with van der Waals surface area (Å²) in [6.45, 7) is 6.17. The number of hydrogen-bond acceptors (Lipinski definition) is 6. The number of carbonyl (C=O) groups is 3. The van der Waals surface area contributed by atoms with Gasteiger partial charge in [0.2, 0.25) is 0 Å². The van der Waals surface area contributed by atoms with Gasteiger partial charge in [-0.2, -0.15) is 0 Å². The van der Waals surface area contributed by atoms with Crippen molar-refractivity contribution in [2.24, 2.45) is 0 Å². The number of allylic oxidation sites excluding steroid dienone is 28. The minimum Gasteiger partial charge on any atom is -0.462 e. The molecule has 0 aliphatic rings. The van der Waals surface area contributed by atoms with Crippen molar-refractivity contribution in [3.8, 4) is 0 Å². The van der Waals surface area contributed by atoms with Gasteiger partial charge in [0.25, 0.3) is 0 Å². The summed E-state index contributed by atoms with van der Waals surface area (Å²) in [5, 5.41) is 0. The fraction of sp³-hybridized carbons (Fsp3) is 0.492. The molecule has 0 aromatic carbocycles. The Labute approximate surface area is 409 Å². The lowest BCUT2D eigenvalue weighted by molar-refractivity contribution is -0.167. The van der Waals surface area contributed by atoms with Crippen molar-refractivity contribution in [2.45, 2.75) is 181 Å². The van der Waals surface area contributed by atoms with Gasteiger partial charge in [-0.25, -0.2) is 0 Å². The molecule has 1 unspecified atom stereocenters. The molecule has 0 saturated heterocycles. The molecule has 1 atom stereocenters. The van der Waals surface area contributed by atoms with Crippen LogP contribution in [0.5, 0.6) is 0 Å². The quantitative estimate of drug-likeness (QED) is 0.0199. The van der Waals surface area contributed by atoms with E-state index in [2.05, 4.69) is 106 Å². The third-order valence-electron chi connectivity index (χ3n) is 9.92. The Hall–Kier alpha value is -5.23. The smallest absolute Gasteiger partial charge is 0.306 e. The molecule has 67 heavy (non-hydrogen) atoms. The van der Waals surface area contributed by atoms with Crippen molar-refractivity contribution in [3.05, 3.63) is 170 Å². The second kappa shape index (κ2) is 53.4. The molecule has 0 radical (unpaired) electrons. The molecule has 0 bridgehead atoms. The summed E-state index contributed by atoms with van der Waals surface area (Å²) in [7, 11) is 0. The molecule has 0 aromatic heterocycles. The van der Waals surface area contributed by atoms with E-state index in [0.29, 0.717) is 19.3 Å². The summed E-state index contributed by atoms with van der Waals surface area (Å²) in [5.41, 5.74) is 0. The highest BCUT2D eigenvalue weighted by molar-refractivity contribution is 5.71. The SMILES string of the molecule is CC\C=C/C=C\C=C/C=C\C=C/CCCCCC(=O)OCC(COC(=O)CCCCCCC\C=C/C=C\C=C/C=C\C=C/CCC)OC(=O)CCCCC/C=C\C/C=C\C/C=C\C/C=C\CC. The van der Waals surface area contributed by atoms with Crippen LogP contribution in [0.25, 0.3) is 0 Å². The number of carbonyl (C=O) groups excluding carboxylic acids is 3. The monoisotopic (exact) mass is 919 g/mol. The van der Waals surface area contributed by atoms with Crippen molar-refractivity contribution in [3.63, 3.8) is 0 Å². The van der Waals surface area contributed by atoms with Gasteiger partial charge in [-0.1, -0.05) is 229 Å². The predicted octanol–water partition coefficient (Wildman–Crippen LogP) is 17.2. The molecule has 370 valence electrons. The Kier molecular flexibility index (Phi) is 49.2. The van der Waals surface area contributed by atoms with E-state index in [1.807, 2.05) is 85.1 Å². The van der Waals surface area contributed by atoms with Crippen LogP contribution in [0, 0.1) is 0 Å². The molecule has 6 nitrogen and oxygen atoms in total. The van der Waals surface area contributed by atoms with Crippen molar-refractivity contribution < 1.29 is 28.6 Å². The molecule has 0 aliphatic carbocycles. The number of rotatable bonds is 43. The third kappa shape index (κ3) is 51.6. The highest BCUT2D eigenvalue weighted by Crippen LogP contribution is 2.12. The summed E-state index contributed by atoms with van der Waals surface area (Å²) in [5.74, 6) is -1.04. The Morgan fingerprint density at radius 2 is 0.657 bits per heavy atom. The van der Waals surface area contributed by atoms with E-state index in [-0.39, 0.29) is 44.0 Å². The van der Waals surface area contributed by atoms with Crippen LogP contribution in [0.3, 0.4) is 0 Å². The number of unbranched alkanes of at least 4 members (excludes halogenated alkanes) is 12. The van der Waals surface area contributed by atoms with Crippen LogP contribution in [0.1, 0.15) is 175 Å². The van der Waals surface area contributed by atoms with Gasteiger partial charge in [0.1, 0.15) is 13.2 Å². The molecular weight excluding hydrogens is 829 g/mol. The molecule has 0 rings (SSSR count). The molecule has 0 amide bonds. The van der Waals surface area contributed by atoms with Gasteiger partial charge in [-0.05, 0) is 96.3 Å². The van der Waals surface area contributed by atoms with Crippen LogP contribution in [0.4, 0.5) is 0 Å². The number of ether oxygens (including phenoxy) is 3. The summed E-state index contributed by atoms with van der Waals surface area (Å²) in [6.07, 6.45) is 79.0.